The van der Waals surface area contributed by atoms with Gasteiger partial charge in [0.05, 0.1) is 0 Å². The van der Waals surface area contributed by atoms with E-state index < -0.39 is 0 Å². The molecule has 2 rings (SSSR count). The number of nitrogens with one attached hydrogen (secondary N) is 1. The Morgan fingerprint density at radius 1 is 1.50 bits per heavy atom. The second-order valence-corrected chi connectivity index (χ2v) is 4.59. The highest BCUT2D eigenvalue weighted by molar-refractivity contribution is 9.10. The zero-order valence-electron chi connectivity index (χ0n) is 7.89. The maximum atomic E-state index is 13.0. The smallest absolute Gasteiger partial charge is 0.123 e. The van der Waals surface area contributed by atoms with Crippen LogP contribution in [0.5, 0.6) is 0 Å². The normalized spacial score (nSPS) is 21.4. The molecular weight excluding hydrogens is 245 g/mol. The van der Waals surface area contributed by atoms with Crippen LogP contribution in [0.25, 0.3) is 0 Å². The molecule has 1 aromatic rings. The summed E-state index contributed by atoms with van der Waals surface area (Å²) in [5, 5.41) is 3.41. The van der Waals surface area contributed by atoms with Gasteiger partial charge in [-0.1, -0.05) is 15.9 Å². The minimum Gasteiger partial charge on any atom is -0.314 e. The van der Waals surface area contributed by atoms with E-state index in [-0.39, 0.29) is 5.82 Å². The predicted molar refractivity (Wildman–Crippen MR) is 58.8 cm³/mol. The van der Waals surface area contributed by atoms with E-state index in [1.807, 2.05) is 0 Å². The van der Waals surface area contributed by atoms with Crippen LogP contribution in [0, 0.1) is 5.82 Å². The molecule has 1 aliphatic heterocycles. The van der Waals surface area contributed by atoms with Gasteiger partial charge in [-0.2, -0.15) is 0 Å². The van der Waals surface area contributed by atoms with Crippen molar-refractivity contribution in [2.45, 2.75) is 25.3 Å². The van der Waals surface area contributed by atoms with Crippen LogP contribution in [0.3, 0.4) is 0 Å². The highest BCUT2D eigenvalue weighted by Crippen LogP contribution is 2.21. The fraction of sp³-hybridized carbons (Fsp3) is 0.455. The molecule has 1 atom stereocenters. The zero-order valence-corrected chi connectivity index (χ0v) is 9.48. The maximum Gasteiger partial charge on any atom is 0.123 e. The lowest BCUT2D eigenvalue weighted by Gasteiger charge is -2.11. The number of benzene rings is 1. The molecule has 1 heterocycles. The Morgan fingerprint density at radius 3 is 3.07 bits per heavy atom. The van der Waals surface area contributed by atoms with Gasteiger partial charge in [0.2, 0.25) is 0 Å². The highest BCUT2D eigenvalue weighted by atomic mass is 79.9. The summed E-state index contributed by atoms with van der Waals surface area (Å²) in [6, 6.07) is 5.40. The third-order valence-corrected chi connectivity index (χ3v) is 3.41. The first kappa shape index (κ1) is 10.1. The topological polar surface area (TPSA) is 12.0 Å². The summed E-state index contributed by atoms with van der Waals surface area (Å²) in [7, 11) is 0. The molecule has 0 spiro atoms. The van der Waals surface area contributed by atoms with E-state index in [4.69, 9.17) is 0 Å². The first-order chi connectivity index (χ1) is 6.75. The molecule has 0 saturated carbocycles. The van der Waals surface area contributed by atoms with Crippen molar-refractivity contribution in [3.63, 3.8) is 0 Å². The fourth-order valence-electron chi connectivity index (χ4n) is 1.90. The Hall–Kier alpha value is -0.410. The van der Waals surface area contributed by atoms with Gasteiger partial charge in [0, 0.05) is 10.5 Å². The van der Waals surface area contributed by atoms with Crippen LogP contribution >= 0.6 is 15.9 Å². The lowest BCUT2D eigenvalue weighted by Crippen LogP contribution is -2.23. The van der Waals surface area contributed by atoms with Crippen molar-refractivity contribution in [3.8, 4) is 0 Å². The first-order valence-electron chi connectivity index (χ1n) is 4.93. The second-order valence-electron chi connectivity index (χ2n) is 3.73. The average molecular weight is 258 g/mol. The molecule has 1 saturated heterocycles. The van der Waals surface area contributed by atoms with Gasteiger partial charge in [-0.3, -0.25) is 0 Å². The van der Waals surface area contributed by atoms with Crippen LogP contribution in [0.2, 0.25) is 0 Å². The molecule has 0 aromatic heterocycles. The van der Waals surface area contributed by atoms with Gasteiger partial charge in [-0.15, -0.1) is 0 Å². The number of hydrogen-bond donors (Lipinski definition) is 1. The van der Waals surface area contributed by atoms with Crippen molar-refractivity contribution in [2.75, 3.05) is 6.54 Å². The Kier molecular flexibility index (Phi) is 3.19. The fourth-order valence-corrected chi connectivity index (χ4v) is 2.30. The third kappa shape index (κ3) is 2.34. The standard InChI is InChI=1S/C11H13BrFN/c12-11-4-3-9(13)6-8(11)7-10-2-1-5-14-10/h3-4,6,10,14H,1-2,5,7H2. The van der Waals surface area contributed by atoms with Crippen molar-refractivity contribution in [1.29, 1.82) is 0 Å². The van der Waals surface area contributed by atoms with Gasteiger partial charge in [0.1, 0.15) is 5.82 Å². The van der Waals surface area contributed by atoms with Crippen LogP contribution in [0.15, 0.2) is 22.7 Å². The summed E-state index contributed by atoms with van der Waals surface area (Å²) in [6.07, 6.45) is 3.35. The summed E-state index contributed by atoms with van der Waals surface area (Å²) >= 11 is 3.44. The lowest BCUT2D eigenvalue weighted by molar-refractivity contribution is 0.591. The number of halogens is 2. The van der Waals surface area contributed by atoms with E-state index >= 15 is 0 Å². The largest absolute Gasteiger partial charge is 0.314 e. The van der Waals surface area contributed by atoms with E-state index in [9.17, 15) is 4.39 Å². The van der Waals surface area contributed by atoms with Gasteiger partial charge < -0.3 is 5.32 Å². The molecule has 1 nitrogen and oxygen atoms in total. The minimum atomic E-state index is -0.152. The molecule has 1 N–H and O–H groups in total. The molecule has 1 fully saturated rings. The number of rotatable bonds is 2. The molecule has 76 valence electrons. The summed E-state index contributed by atoms with van der Waals surface area (Å²) in [5.74, 6) is -0.152. The molecule has 0 radical (unpaired) electrons. The average Bonchev–Trinajstić information content (AvgIpc) is 2.64. The predicted octanol–water partition coefficient (Wildman–Crippen LogP) is 2.88. The van der Waals surface area contributed by atoms with Crippen molar-refractivity contribution < 1.29 is 4.39 Å². The SMILES string of the molecule is Fc1ccc(Br)c(CC2CCCN2)c1. The Balaban J connectivity index is 2.10. The van der Waals surface area contributed by atoms with Crippen molar-refractivity contribution in [1.82, 2.24) is 5.32 Å². The van der Waals surface area contributed by atoms with Gasteiger partial charge in [0.25, 0.3) is 0 Å². The molecule has 1 aromatic carbocycles. The Labute approximate surface area is 91.8 Å². The summed E-state index contributed by atoms with van der Waals surface area (Å²) in [6.45, 7) is 1.09. The molecule has 0 aliphatic carbocycles. The van der Waals surface area contributed by atoms with E-state index in [0.717, 1.165) is 23.0 Å². The summed E-state index contributed by atoms with van der Waals surface area (Å²) in [4.78, 5) is 0. The summed E-state index contributed by atoms with van der Waals surface area (Å²) < 4.78 is 14.0. The molecule has 1 aliphatic rings. The van der Waals surface area contributed by atoms with Gasteiger partial charge in [-0.25, -0.2) is 4.39 Å². The van der Waals surface area contributed by atoms with Crippen LogP contribution in [0.4, 0.5) is 4.39 Å². The van der Waals surface area contributed by atoms with Crippen LogP contribution in [-0.4, -0.2) is 12.6 Å². The van der Waals surface area contributed by atoms with Gasteiger partial charge in [0.15, 0.2) is 0 Å². The number of hydrogen-bond acceptors (Lipinski definition) is 1. The maximum absolute atomic E-state index is 13.0. The second kappa shape index (κ2) is 4.41. The van der Waals surface area contributed by atoms with E-state index in [1.54, 1.807) is 12.1 Å². The van der Waals surface area contributed by atoms with Crippen LogP contribution in [0.1, 0.15) is 18.4 Å². The zero-order chi connectivity index (χ0) is 9.97. The molecular formula is C11H13BrFN. The lowest BCUT2D eigenvalue weighted by atomic mass is 10.0. The van der Waals surface area contributed by atoms with E-state index in [1.165, 1.54) is 18.9 Å². The van der Waals surface area contributed by atoms with Crippen LogP contribution in [-0.2, 0) is 6.42 Å². The minimum absolute atomic E-state index is 0.152. The quantitative estimate of drug-likeness (QED) is 0.860. The monoisotopic (exact) mass is 257 g/mol. The van der Waals surface area contributed by atoms with Gasteiger partial charge in [-0.05, 0) is 49.6 Å². The molecule has 14 heavy (non-hydrogen) atoms. The first-order valence-corrected chi connectivity index (χ1v) is 5.72. The van der Waals surface area contributed by atoms with E-state index in [0.29, 0.717) is 6.04 Å². The molecule has 0 bridgehead atoms. The molecule has 3 heteroatoms. The van der Waals surface area contributed by atoms with Crippen molar-refractivity contribution in [3.05, 3.63) is 34.1 Å². The Morgan fingerprint density at radius 2 is 2.36 bits per heavy atom. The highest BCUT2D eigenvalue weighted by Gasteiger charge is 2.15. The van der Waals surface area contributed by atoms with Crippen LogP contribution < -0.4 is 5.32 Å². The van der Waals surface area contributed by atoms with Gasteiger partial charge >= 0.3 is 0 Å². The Bertz CT molecular complexity index is 321. The van der Waals surface area contributed by atoms with E-state index in [2.05, 4.69) is 21.2 Å². The van der Waals surface area contributed by atoms with Crippen molar-refractivity contribution >= 4 is 15.9 Å². The van der Waals surface area contributed by atoms with Crippen molar-refractivity contribution in [2.24, 2.45) is 0 Å². The third-order valence-electron chi connectivity index (χ3n) is 2.64. The summed E-state index contributed by atoms with van der Waals surface area (Å²) in [5.41, 5.74) is 1.06. The molecule has 0 amide bonds. The molecule has 1 unspecified atom stereocenters.